The summed E-state index contributed by atoms with van der Waals surface area (Å²) in [6.07, 6.45) is 2.58. The first-order chi connectivity index (χ1) is 9.61. The van der Waals surface area contributed by atoms with Crippen molar-refractivity contribution in [3.63, 3.8) is 0 Å². The fourth-order valence-corrected chi connectivity index (χ4v) is 3.03. The van der Waals surface area contributed by atoms with Crippen molar-refractivity contribution < 1.29 is 13.2 Å². The molecule has 0 bridgehead atoms. The third-order valence-electron chi connectivity index (χ3n) is 4.06. The van der Waals surface area contributed by atoms with E-state index in [9.17, 15) is 13.2 Å². The number of carbonyl (C=O) groups excluding carboxylic acids is 1. The largest absolute Gasteiger partial charge is 0.340 e. The van der Waals surface area contributed by atoms with E-state index in [-0.39, 0.29) is 16.8 Å². The Labute approximate surface area is 126 Å². The van der Waals surface area contributed by atoms with E-state index in [0.29, 0.717) is 24.1 Å². The van der Waals surface area contributed by atoms with E-state index < -0.39 is 10.0 Å². The molecule has 1 aliphatic carbocycles. The highest BCUT2D eigenvalue weighted by atomic mass is 32.2. The van der Waals surface area contributed by atoms with Crippen molar-refractivity contribution in [2.75, 3.05) is 13.6 Å². The van der Waals surface area contributed by atoms with Gasteiger partial charge in [0, 0.05) is 25.8 Å². The summed E-state index contributed by atoms with van der Waals surface area (Å²) in [5.74, 6) is 1.05. The van der Waals surface area contributed by atoms with Gasteiger partial charge in [0.1, 0.15) is 10.6 Å². The summed E-state index contributed by atoms with van der Waals surface area (Å²) in [5.41, 5.74) is 0.366. The van der Waals surface area contributed by atoms with Gasteiger partial charge in [-0.3, -0.25) is 4.79 Å². The molecule has 0 aromatic carbocycles. The summed E-state index contributed by atoms with van der Waals surface area (Å²) in [5, 5.41) is 5.16. The number of rotatable bonds is 5. The quantitative estimate of drug-likeness (QED) is 0.892. The lowest BCUT2D eigenvalue weighted by Crippen LogP contribution is -2.31. The lowest BCUT2D eigenvalue weighted by molar-refractivity contribution is 0.0774. The summed E-state index contributed by atoms with van der Waals surface area (Å²) >= 11 is 0. The van der Waals surface area contributed by atoms with Gasteiger partial charge in [0.15, 0.2) is 0 Å². The number of hydrogen-bond acceptors (Lipinski definition) is 3. The zero-order valence-electron chi connectivity index (χ0n) is 12.9. The second-order valence-electron chi connectivity index (χ2n) is 6.27. The molecule has 118 valence electrons. The SMILES string of the molecule is CC1CC1CN(C)C(=O)c1cc(S(N)(=O)=O)cn1C(C)C. The fourth-order valence-electron chi connectivity index (χ4n) is 2.49. The first-order valence-corrected chi connectivity index (χ1v) is 8.66. The lowest BCUT2D eigenvalue weighted by atomic mass is 10.3. The predicted molar refractivity (Wildman–Crippen MR) is 80.4 cm³/mol. The fraction of sp³-hybridized carbons (Fsp3) is 0.643. The number of nitrogens with zero attached hydrogens (tertiary/aromatic N) is 2. The Kier molecular flexibility index (Phi) is 4.17. The van der Waals surface area contributed by atoms with E-state index in [4.69, 9.17) is 5.14 Å². The minimum Gasteiger partial charge on any atom is -0.340 e. The molecule has 0 saturated heterocycles. The number of primary sulfonamides is 1. The van der Waals surface area contributed by atoms with Crippen LogP contribution in [0, 0.1) is 11.8 Å². The molecule has 2 unspecified atom stereocenters. The summed E-state index contributed by atoms with van der Waals surface area (Å²) < 4.78 is 24.6. The monoisotopic (exact) mass is 313 g/mol. The highest BCUT2D eigenvalue weighted by Crippen LogP contribution is 2.38. The van der Waals surface area contributed by atoms with Crippen LogP contribution >= 0.6 is 0 Å². The Bertz CT molecular complexity index is 648. The molecule has 0 radical (unpaired) electrons. The average Bonchev–Trinajstić information content (AvgIpc) is 2.90. The van der Waals surface area contributed by atoms with Gasteiger partial charge in [0.05, 0.1) is 0 Å². The minimum absolute atomic E-state index is 0.0206. The van der Waals surface area contributed by atoms with Gasteiger partial charge in [0.25, 0.3) is 5.91 Å². The average molecular weight is 313 g/mol. The molecule has 0 aliphatic heterocycles. The minimum atomic E-state index is -3.81. The summed E-state index contributed by atoms with van der Waals surface area (Å²) in [6.45, 7) is 6.66. The molecule has 1 amide bonds. The topological polar surface area (TPSA) is 85.4 Å². The molecule has 2 N–H and O–H groups in total. The second-order valence-corrected chi connectivity index (χ2v) is 7.83. The maximum Gasteiger partial charge on any atom is 0.270 e. The predicted octanol–water partition coefficient (Wildman–Crippen LogP) is 1.44. The van der Waals surface area contributed by atoms with E-state index in [1.54, 1.807) is 16.5 Å². The molecule has 6 nitrogen and oxygen atoms in total. The molecule has 1 heterocycles. The van der Waals surface area contributed by atoms with Crippen LogP contribution in [0.3, 0.4) is 0 Å². The zero-order chi connectivity index (χ0) is 15.9. The van der Waals surface area contributed by atoms with Crippen molar-refractivity contribution in [2.45, 2.75) is 38.1 Å². The van der Waals surface area contributed by atoms with Crippen LogP contribution in [-0.2, 0) is 10.0 Å². The van der Waals surface area contributed by atoms with Crippen LogP contribution in [0.15, 0.2) is 17.2 Å². The molecule has 0 spiro atoms. The number of sulfonamides is 1. The Morgan fingerprint density at radius 3 is 2.52 bits per heavy atom. The molecule has 2 atom stereocenters. The van der Waals surface area contributed by atoms with Gasteiger partial charge in [-0.05, 0) is 38.2 Å². The van der Waals surface area contributed by atoms with E-state index in [0.717, 1.165) is 6.42 Å². The van der Waals surface area contributed by atoms with Crippen molar-refractivity contribution in [1.82, 2.24) is 9.47 Å². The van der Waals surface area contributed by atoms with Crippen molar-refractivity contribution in [3.8, 4) is 0 Å². The smallest absolute Gasteiger partial charge is 0.270 e. The molecule has 2 rings (SSSR count). The highest BCUT2D eigenvalue weighted by Gasteiger charge is 2.35. The normalized spacial score (nSPS) is 21.6. The van der Waals surface area contributed by atoms with Crippen LogP contribution in [0.4, 0.5) is 0 Å². The summed E-state index contributed by atoms with van der Waals surface area (Å²) in [6, 6.07) is 1.34. The second kappa shape index (κ2) is 5.46. The van der Waals surface area contributed by atoms with Gasteiger partial charge >= 0.3 is 0 Å². The van der Waals surface area contributed by atoms with Gasteiger partial charge in [0.2, 0.25) is 10.0 Å². The molecule has 1 aliphatic rings. The van der Waals surface area contributed by atoms with Crippen LogP contribution in [-0.4, -0.2) is 37.4 Å². The maximum absolute atomic E-state index is 12.5. The number of carbonyl (C=O) groups is 1. The molecular weight excluding hydrogens is 290 g/mol. The molecular formula is C14H23N3O3S. The van der Waals surface area contributed by atoms with Crippen LogP contribution in [0.25, 0.3) is 0 Å². The van der Waals surface area contributed by atoms with Gasteiger partial charge in [-0.15, -0.1) is 0 Å². The Morgan fingerprint density at radius 1 is 1.52 bits per heavy atom. The number of nitrogens with two attached hydrogens (primary N) is 1. The Morgan fingerprint density at radius 2 is 2.10 bits per heavy atom. The van der Waals surface area contributed by atoms with E-state index in [2.05, 4.69) is 6.92 Å². The standard InChI is InChI=1S/C14H23N3O3S/c1-9(2)17-8-12(21(15,19)20)6-13(17)14(18)16(4)7-11-5-10(11)3/h6,8-11H,5,7H2,1-4H3,(H2,15,19,20). The van der Waals surface area contributed by atoms with Crippen molar-refractivity contribution in [2.24, 2.45) is 17.0 Å². The summed E-state index contributed by atoms with van der Waals surface area (Å²) in [7, 11) is -2.06. The third-order valence-corrected chi connectivity index (χ3v) is 4.94. The first-order valence-electron chi connectivity index (χ1n) is 7.11. The van der Waals surface area contributed by atoms with Gasteiger partial charge in [-0.2, -0.15) is 0 Å². The van der Waals surface area contributed by atoms with E-state index in [1.807, 2.05) is 13.8 Å². The molecule has 7 heteroatoms. The van der Waals surface area contributed by atoms with Crippen molar-refractivity contribution >= 4 is 15.9 Å². The van der Waals surface area contributed by atoms with Gasteiger partial charge < -0.3 is 9.47 Å². The van der Waals surface area contributed by atoms with Crippen LogP contribution in [0.5, 0.6) is 0 Å². The summed E-state index contributed by atoms with van der Waals surface area (Å²) in [4.78, 5) is 14.2. The first kappa shape index (κ1) is 16.0. The van der Waals surface area contributed by atoms with Crippen LogP contribution in [0.1, 0.15) is 43.7 Å². The van der Waals surface area contributed by atoms with E-state index in [1.165, 1.54) is 12.3 Å². The number of hydrogen-bond donors (Lipinski definition) is 1. The maximum atomic E-state index is 12.5. The number of aromatic nitrogens is 1. The molecule has 1 aromatic heterocycles. The zero-order valence-corrected chi connectivity index (χ0v) is 13.7. The van der Waals surface area contributed by atoms with Crippen LogP contribution in [0.2, 0.25) is 0 Å². The van der Waals surface area contributed by atoms with Gasteiger partial charge in [-0.25, -0.2) is 13.6 Å². The molecule has 1 aromatic rings. The highest BCUT2D eigenvalue weighted by molar-refractivity contribution is 7.89. The van der Waals surface area contributed by atoms with Crippen LogP contribution < -0.4 is 5.14 Å². The lowest BCUT2D eigenvalue weighted by Gasteiger charge is -2.19. The molecule has 1 saturated carbocycles. The van der Waals surface area contributed by atoms with Crippen molar-refractivity contribution in [3.05, 3.63) is 18.0 Å². The third kappa shape index (κ3) is 3.47. The Hall–Kier alpha value is -1.34. The molecule has 21 heavy (non-hydrogen) atoms. The molecule has 1 fully saturated rings. The van der Waals surface area contributed by atoms with Gasteiger partial charge in [-0.1, -0.05) is 6.92 Å². The van der Waals surface area contributed by atoms with Crippen molar-refractivity contribution in [1.29, 1.82) is 0 Å². The van der Waals surface area contributed by atoms with E-state index >= 15 is 0 Å². The number of amides is 1. The Balaban J connectivity index is 2.28.